The molecular formula is C16H17NO4S. The van der Waals surface area contributed by atoms with E-state index in [1.165, 1.54) is 11.3 Å². The van der Waals surface area contributed by atoms with Crippen molar-refractivity contribution in [1.82, 2.24) is 5.32 Å². The number of hydrogen-bond donors (Lipinski definition) is 2. The number of hydrogen-bond acceptors (Lipinski definition) is 4. The average Bonchev–Trinajstić information content (AvgIpc) is 3.04. The molecule has 1 aromatic heterocycles. The van der Waals surface area contributed by atoms with E-state index in [-0.39, 0.29) is 12.3 Å². The highest BCUT2D eigenvalue weighted by molar-refractivity contribution is 7.08. The van der Waals surface area contributed by atoms with Crippen molar-refractivity contribution in [3.8, 4) is 5.75 Å². The largest absolute Gasteiger partial charge is 0.494 e. The zero-order valence-corrected chi connectivity index (χ0v) is 12.8. The van der Waals surface area contributed by atoms with E-state index in [0.717, 1.165) is 5.56 Å². The van der Waals surface area contributed by atoms with E-state index in [4.69, 9.17) is 9.84 Å². The number of carbonyl (C=O) groups is 2. The number of benzene rings is 1. The zero-order valence-electron chi connectivity index (χ0n) is 12.0. The van der Waals surface area contributed by atoms with Crippen LogP contribution in [0.2, 0.25) is 0 Å². The molecule has 2 N–H and O–H groups in total. The summed E-state index contributed by atoms with van der Waals surface area (Å²) in [6.45, 7) is 0.828. The molecule has 5 nitrogen and oxygen atoms in total. The molecule has 0 atom stereocenters. The molecule has 2 rings (SSSR count). The highest BCUT2D eigenvalue weighted by atomic mass is 32.1. The van der Waals surface area contributed by atoms with Gasteiger partial charge >= 0.3 is 5.97 Å². The predicted octanol–water partition coefficient (Wildman–Crippen LogP) is 2.92. The van der Waals surface area contributed by atoms with E-state index in [1.54, 1.807) is 6.07 Å². The Morgan fingerprint density at radius 1 is 1.18 bits per heavy atom. The van der Waals surface area contributed by atoms with Gasteiger partial charge in [-0.2, -0.15) is 11.3 Å². The summed E-state index contributed by atoms with van der Waals surface area (Å²) in [5, 5.41) is 15.1. The lowest BCUT2D eigenvalue weighted by Crippen LogP contribution is -2.22. The van der Waals surface area contributed by atoms with E-state index < -0.39 is 5.97 Å². The van der Waals surface area contributed by atoms with Crippen molar-refractivity contribution < 1.29 is 19.4 Å². The molecule has 1 heterocycles. The fourth-order valence-corrected chi connectivity index (χ4v) is 2.43. The van der Waals surface area contributed by atoms with Gasteiger partial charge in [-0.05, 0) is 35.6 Å². The molecule has 0 aliphatic rings. The first-order chi connectivity index (χ1) is 10.6. The summed E-state index contributed by atoms with van der Waals surface area (Å²) < 4.78 is 5.45. The van der Waals surface area contributed by atoms with Gasteiger partial charge in [-0.1, -0.05) is 12.1 Å². The predicted molar refractivity (Wildman–Crippen MR) is 84.3 cm³/mol. The minimum Gasteiger partial charge on any atom is -0.494 e. The standard InChI is InChI=1S/C16H17NO4S/c18-15(19)2-1-8-21-14-5-3-12(4-6-14)10-17-16(20)13-7-9-22-11-13/h3-7,9,11H,1-2,8,10H2,(H,17,20)(H,18,19). The summed E-state index contributed by atoms with van der Waals surface area (Å²) in [5.41, 5.74) is 1.64. The summed E-state index contributed by atoms with van der Waals surface area (Å²) in [6.07, 6.45) is 0.584. The molecule has 0 spiro atoms. The van der Waals surface area contributed by atoms with Crippen molar-refractivity contribution in [3.63, 3.8) is 0 Å². The number of nitrogens with one attached hydrogen (secondary N) is 1. The van der Waals surface area contributed by atoms with Crippen molar-refractivity contribution in [1.29, 1.82) is 0 Å². The van der Waals surface area contributed by atoms with Gasteiger partial charge in [0.05, 0.1) is 6.61 Å². The number of amides is 1. The quantitative estimate of drug-likeness (QED) is 0.734. The maximum atomic E-state index is 11.8. The van der Waals surface area contributed by atoms with E-state index >= 15 is 0 Å². The minimum atomic E-state index is -0.819. The second kappa shape index (κ2) is 8.19. The molecule has 116 valence electrons. The van der Waals surface area contributed by atoms with Crippen LogP contribution in [0.5, 0.6) is 5.75 Å². The van der Waals surface area contributed by atoms with Crippen LogP contribution in [-0.2, 0) is 11.3 Å². The molecule has 0 aliphatic carbocycles. The number of carboxylic acid groups (broad SMARTS) is 1. The summed E-state index contributed by atoms with van der Waals surface area (Å²) in [6, 6.07) is 9.16. The Bertz CT molecular complexity index is 608. The first-order valence-electron chi connectivity index (χ1n) is 6.89. The molecule has 0 radical (unpaired) electrons. The Morgan fingerprint density at radius 3 is 2.59 bits per heavy atom. The fraction of sp³-hybridized carbons (Fsp3) is 0.250. The van der Waals surface area contributed by atoms with E-state index in [2.05, 4.69) is 5.32 Å². The molecule has 22 heavy (non-hydrogen) atoms. The highest BCUT2D eigenvalue weighted by Crippen LogP contribution is 2.13. The van der Waals surface area contributed by atoms with Crippen LogP contribution in [0.1, 0.15) is 28.8 Å². The molecule has 2 aromatic rings. The van der Waals surface area contributed by atoms with Gasteiger partial charge in [-0.15, -0.1) is 0 Å². The Morgan fingerprint density at radius 2 is 1.95 bits per heavy atom. The van der Waals surface area contributed by atoms with Crippen LogP contribution in [0.25, 0.3) is 0 Å². The van der Waals surface area contributed by atoms with Crippen LogP contribution in [0, 0.1) is 0 Å². The first-order valence-corrected chi connectivity index (χ1v) is 7.83. The second-order valence-electron chi connectivity index (χ2n) is 4.68. The van der Waals surface area contributed by atoms with Gasteiger partial charge in [0.25, 0.3) is 5.91 Å². The van der Waals surface area contributed by atoms with Gasteiger partial charge < -0.3 is 15.2 Å². The lowest BCUT2D eigenvalue weighted by molar-refractivity contribution is -0.137. The average molecular weight is 319 g/mol. The van der Waals surface area contributed by atoms with Crippen LogP contribution in [0.3, 0.4) is 0 Å². The SMILES string of the molecule is O=C(O)CCCOc1ccc(CNC(=O)c2ccsc2)cc1. The molecule has 0 saturated carbocycles. The van der Waals surface area contributed by atoms with E-state index in [0.29, 0.717) is 30.9 Å². The number of carbonyl (C=O) groups excluding carboxylic acids is 1. The van der Waals surface area contributed by atoms with E-state index in [9.17, 15) is 9.59 Å². The van der Waals surface area contributed by atoms with Crippen LogP contribution < -0.4 is 10.1 Å². The van der Waals surface area contributed by atoms with Crippen LogP contribution in [0.15, 0.2) is 41.1 Å². The van der Waals surface area contributed by atoms with Gasteiger partial charge in [0.15, 0.2) is 0 Å². The van der Waals surface area contributed by atoms with Crippen molar-refractivity contribution in [2.75, 3.05) is 6.61 Å². The highest BCUT2D eigenvalue weighted by Gasteiger charge is 2.05. The third-order valence-electron chi connectivity index (χ3n) is 2.96. The molecule has 0 unspecified atom stereocenters. The molecular weight excluding hydrogens is 302 g/mol. The molecule has 0 saturated heterocycles. The summed E-state index contributed by atoms with van der Waals surface area (Å²) >= 11 is 1.49. The lowest BCUT2D eigenvalue weighted by Gasteiger charge is -2.07. The molecule has 1 aromatic carbocycles. The van der Waals surface area contributed by atoms with Crippen molar-refractivity contribution in [2.24, 2.45) is 0 Å². The van der Waals surface area contributed by atoms with Crippen molar-refractivity contribution >= 4 is 23.2 Å². The molecule has 0 fully saturated rings. The molecule has 6 heteroatoms. The number of ether oxygens (including phenoxy) is 1. The topological polar surface area (TPSA) is 75.6 Å². The monoisotopic (exact) mass is 319 g/mol. The van der Waals surface area contributed by atoms with E-state index in [1.807, 2.05) is 35.0 Å². The maximum Gasteiger partial charge on any atom is 0.303 e. The van der Waals surface area contributed by atoms with Crippen LogP contribution in [-0.4, -0.2) is 23.6 Å². The zero-order chi connectivity index (χ0) is 15.8. The Labute approximate surface area is 132 Å². The first kappa shape index (κ1) is 16.0. The summed E-state index contributed by atoms with van der Waals surface area (Å²) in [4.78, 5) is 22.2. The normalized spacial score (nSPS) is 10.2. The van der Waals surface area contributed by atoms with Crippen molar-refractivity contribution in [2.45, 2.75) is 19.4 Å². The smallest absolute Gasteiger partial charge is 0.303 e. The fourth-order valence-electron chi connectivity index (χ4n) is 1.80. The third-order valence-corrected chi connectivity index (χ3v) is 3.65. The molecule has 0 bridgehead atoms. The van der Waals surface area contributed by atoms with Gasteiger partial charge in [0.2, 0.25) is 0 Å². The van der Waals surface area contributed by atoms with Crippen LogP contribution in [0.4, 0.5) is 0 Å². The molecule has 0 aliphatic heterocycles. The number of aliphatic carboxylic acids is 1. The van der Waals surface area contributed by atoms with Gasteiger partial charge in [0, 0.05) is 23.9 Å². The second-order valence-corrected chi connectivity index (χ2v) is 5.46. The van der Waals surface area contributed by atoms with Crippen molar-refractivity contribution in [3.05, 3.63) is 52.2 Å². The maximum absolute atomic E-state index is 11.8. The number of carboxylic acids is 1. The molecule has 1 amide bonds. The Balaban J connectivity index is 1.74. The van der Waals surface area contributed by atoms with Gasteiger partial charge in [-0.3, -0.25) is 9.59 Å². The van der Waals surface area contributed by atoms with Gasteiger partial charge in [0.1, 0.15) is 5.75 Å². The van der Waals surface area contributed by atoms with Gasteiger partial charge in [-0.25, -0.2) is 0 Å². The minimum absolute atomic E-state index is 0.0877. The lowest BCUT2D eigenvalue weighted by atomic mass is 10.2. The van der Waals surface area contributed by atoms with Crippen LogP contribution >= 0.6 is 11.3 Å². The number of thiophene rings is 1. The number of rotatable bonds is 8. The Hall–Kier alpha value is -2.34. The summed E-state index contributed by atoms with van der Waals surface area (Å²) in [7, 11) is 0. The Kier molecular flexibility index (Phi) is 5.97. The summed E-state index contributed by atoms with van der Waals surface area (Å²) in [5.74, 6) is -0.214. The third kappa shape index (κ3) is 5.21.